The zero-order chi connectivity index (χ0) is 43.9. The number of likely N-dealkylation sites (N-methyl/N-ethyl adjacent to an activating group) is 1. The van der Waals surface area contributed by atoms with Gasteiger partial charge >= 0.3 is 12.2 Å². The number of fused-ring (bicyclic) bond motifs is 2. The Morgan fingerprint density at radius 1 is 0.710 bits per heavy atom. The highest BCUT2D eigenvalue weighted by Gasteiger charge is 2.46. The van der Waals surface area contributed by atoms with E-state index in [1.807, 2.05) is 49.9 Å². The molecule has 3 aliphatic heterocycles. The number of carbonyl (C=O) groups is 4. The van der Waals surface area contributed by atoms with Gasteiger partial charge in [-0.2, -0.15) is 0 Å². The number of nitrogens with one attached hydrogen (secondary N) is 4. The number of carbonyl (C=O) groups excluding carboxylic acids is 4. The lowest BCUT2D eigenvalue weighted by Gasteiger charge is -2.30. The average molecular weight is 848 g/mol. The first kappa shape index (κ1) is 43.0. The molecule has 4 aromatic rings. The molecule has 0 saturated carbocycles. The van der Waals surface area contributed by atoms with Gasteiger partial charge in [-0.15, -0.1) is 0 Å². The van der Waals surface area contributed by atoms with E-state index in [4.69, 9.17) is 19.4 Å². The number of likely N-dealkylation sites (tertiary alicyclic amines) is 3. The standard InChI is InChI=1S/C47H61N9O6/c1-27(2)39(52-45(59)61-6)43(57)55-21-8-10-36(55)41-48-24-34(50-41)30-14-12-29(13-15-30)31-16-17-32(33-18-19-47(38(31)33)20-23-54(5)26-47)35-25-49-42(51-35)37-11-9-22-56(37)44(58)40(28(3)4)53-46(60)62-7/h12-17,24-25,27-28,36-37,39-40H,8-11,18-23,26H2,1-7H3,(H,48,50)(H,49,51)(H,52,59)(H,53,60)/t36-,37-,39-,40-,47?/m0/s1. The number of H-pyrrole nitrogens is 2. The van der Waals surface area contributed by atoms with E-state index in [0.29, 0.717) is 13.1 Å². The molecule has 330 valence electrons. The highest BCUT2D eigenvalue weighted by molar-refractivity contribution is 5.87. The van der Waals surface area contributed by atoms with Crippen molar-refractivity contribution in [1.29, 1.82) is 0 Å². The zero-order valence-electron chi connectivity index (χ0n) is 37.0. The predicted molar refractivity (Wildman–Crippen MR) is 235 cm³/mol. The van der Waals surface area contributed by atoms with Gasteiger partial charge in [-0.05, 0) is 98.2 Å². The van der Waals surface area contributed by atoms with Crippen LogP contribution in [0.5, 0.6) is 0 Å². The molecule has 4 N–H and O–H groups in total. The van der Waals surface area contributed by atoms with Gasteiger partial charge in [0.1, 0.15) is 23.7 Å². The minimum absolute atomic E-state index is 0.0495. The van der Waals surface area contributed by atoms with Crippen molar-refractivity contribution in [2.75, 3.05) is 47.4 Å². The number of nitrogens with zero attached hydrogens (tertiary/aromatic N) is 5. The third kappa shape index (κ3) is 8.07. The highest BCUT2D eigenvalue weighted by Crippen LogP contribution is 2.52. The van der Waals surface area contributed by atoms with Crippen LogP contribution in [0.25, 0.3) is 33.6 Å². The third-order valence-corrected chi connectivity index (χ3v) is 13.7. The SMILES string of the molecule is COC(=O)N[C@H](C(=O)N1CCC[C@H]1c1ncc(-c2ccc(-c3ccc(-c4cnc([C@@H]5CCCN5C(=O)[C@@H](NC(=O)OC)C(C)C)[nH]4)c4c3C3(CC4)CCN(C)C3)cc2)[nH]1)C(C)C. The second kappa shape index (κ2) is 17.6. The molecule has 0 radical (unpaired) electrons. The maximum atomic E-state index is 13.8. The number of imidazole rings is 2. The van der Waals surface area contributed by atoms with Crippen molar-refractivity contribution in [3.8, 4) is 33.6 Å². The molecule has 4 amide bonds. The number of aromatic nitrogens is 4. The Morgan fingerprint density at radius 3 is 1.74 bits per heavy atom. The van der Waals surface area contributed by atoms with Crippen LogP contribution in [0.15, 0.2) is 48.8 Å². The molecule has 1 aliphatic carbocycles. The summed E-state index contributed by atoms with van der Waals surface area (Å²) in [5, 5.41) is 5.47. The number of methoxy groups -OCH3 is 2. The van der Waals surface area contributed by atoms with Crippen LogP contribution in [-0.4, -0.2) is 118 Å². The zero-order valence-corrected chi connectivity index (χ0v) is 37.0. The number of benzene rings is 2. The Bertz CT molecular complexity index is 2300. The first-order valence-electron chi connectivity index (χ1n) is 22.2. The van der Waals surface area contributed by atoms with Crippen molar-refractivity contribution in [3.05, 3.63) is 71.6 Å². The van der Waals surface area contributed by atoms with Crippen LogP contribution < -0.4 is 10.6 Å². The van der Waals surface area contributed by atoms with Crippen molar-refractivity contribution < 1.29 is 28.7 Å². The summed E-state index contributed by atoms with van der Waals surface area (Å²) in [6.45, 7) is 10.9. The van der Waals surface area contributed by atoms with Gasteiger partial charge in [0.25, 0.3) is 0 Å². The van der Waals surface area contributed by atoms with Crippen LogP contribution in [0.1, 0.15) is 101 Å². The number of hydrogen-bond donors (Lipinski definition) is 4. The molecular formula is C47H61N9O6. The first-order valence-corrected chi connectivity index (χ1v) is 22.2. The van der Waals surface area contributed by atoms with Crippen LogP contribution in [0, 0.1) is 11.8 Å². The monoisotopic (exact) mass is 847 g/mol. The van der Waals surface area contributed by atoms with E-state index < -0.39 is 24.3 Å². The van der Waals surface area contributed by atoms with Gasteiger partial charge < -0.3 is 44.8 Å². The Morgan fingerprint density at radius 2 is 1.23 bits per heavy atom. The van der Waals surface area contributed by atoms with Gasteiger partial charge in [-0.25, -0.2) is 19.6 Å². The lowest BCUT2D eigenvalue weighted by Crippen LogP contribution is -2.51. The van der Waals surface area contributed by atoms with E-state index >= 15 is 0 Å². The number of aromatic amines is 2. The Kier molecular flexibility index (Phi) is 12.2. The maximum absolute atomic E-state index is 13.8. The molecule has 1 unspecified atom stereocenters. The van der Waals surface area contributed by atoms with Crippen molar-refractivity contribution in [2.24, 2.45) is 11.8 Å². The highest BCUT2D eigenvalue weighted by atomic mass is 16.5. The minimum Gasteiger partial charge on any atom is -0.453 e. The van der Waals surface area contributed by atoms with Crippen molar-refractivity contribution in [2.45, 2.75) is 102 Å². The van der Waals surface area contributed by atoms with Crippen LogP contribution in [0.3, 0.4) is 0 Å². The van der Waals surface area contributed by atoms with Gasteiger partial charge in [0, 0.05) is 30.6 Å². The Hall–Kier alpha value is -5.70. The Balaban J connectivity index is 1.05. The normalized spacial score (nSPS) is 22.1. The molecular weight excluding hydrogens is 787 g/mol. The molecule has 62 heavy (non-hydrogen) atoms. The predicted octanol–water partition coefficient (Wildman–Crippen LogP) is 6.74. The largest absolute Gasteiger partial charge is 0.453 e. The quantitative estimate of drug-likeness (QED) is 0.127. The summed E-state index contributed by atoms with van der Waals surface area (Å²) >= 11 is 0. The van der Waals surface area contributed by atoms with Crippen LogP contribution in [-0.2, 0) is 30.9 Å². The molecule has 3 saturated heterocycles. The lowest BCUT2D eigenvalue weighted by molar-refractivity contribution is -0.136. The summed E-state index contributed by atoms with van der Waals surface area (Å²) in [7, 11) is 4.82. The van der Waals surface area contributed by atoms with E-state index in [9.17, 15) is 19.2 Å². The second-order valence-electron chi connectivity index (χ2n) is 18.3. The number of hydrogen-bond acceptors (Lipinski definition) is 9. The molecule has 15 nitrogen and oxygen atoms in total. The van der Waals surface area contributed by atoms with Gasteiger partial charge in [-0.1, -0.05) is 64.1 Å². The lowest BCUT2D eigenvalue weighted by atomic mass is 9.77. The summed E-state index contributed by atoms with van der Waals surface area (Å²) in [4.78, 5) is 74.7. The van der Waals surface area contributed by atoms with Gasteiger partial charge in [0.15, 0.2) is 0 Å². The molecule has 15 heteroatoms. The van der Waals surface area contributed by atoms with Gasteiger partial charge in [-0.3, -0.25) is 9.59 Å². The summed E-state index contributed by atoms with van der Waals surface area (Å²) < 4.78 is 9.62. The number of rotatable bonds is 11. The second-order valence-corrected chi connectivity index (χ2v) is 18.3. The third-order valence-electron chi connectivity index (χ3n) is 13.7. The van der Waals surface area contributed by atoms with E-state index in [-0.39, 0.29) is 41.1 Å². The average Bonchev–Trinajstić information content (AvgIpc) is 4.13. The fourth-order valence-corrected chi connectivity index (χ4v) is 10.5. The summed E-state index contributed by atoms with van der Waals surface area (Å²) in [5.74, 6) is 1.02. The van der Waals surface area contributed by atoms with Crippen LogP contribution >= 0.6 is 0 Å². The van der Waals surface area contributed by atoms with Gasteiger partial charge in [0.05, 0.1) is 50.1 Å². The van der Waals surface area contributed by atoms with Crippen molar-refractivity contribution >= 4 is 24.0 Å². The summed E-state index contributed by atoms with van der Waals surface area (Å²) in [5.41, 5.74) is 9.22. The smallest absolute Gasteiger partial charge is 0.407 e. The summed E-state index contributed by atoms with van der Waals surface area (Å²) in [6, 6.07) is 11.4. The number of alkyl carbamates (subject to hydrolysis) is 2. The molecule has 0 bridgehead atoms. The maximum Gasteiger partial charge on any atom is 0.407 e. The number of amides is 4. The summed E-state index contributed by atoms with van der Waals surface area (Å²) in [6.07, 6.45) is 8.95. The fourth-order valence-electron chi connectivity index (χ4n) is 10.5. The topological polar surface area (TPSA) is 178 Å². The fraction of sp³-hybridized carbons (Fsp3) is 0.532. The molecule has 2 aromatic heterocycles. The Labute approximate surface area is 363 Å². The van der Waals surface area contributed by atoms with Crippen molar-refractivity contribution in [3.63, 3.8) is 0 Å². The molecule has 5 heterocycles. The molecule has 8 rings (SSSR count). The molecule has 4 aliphatic rings. The van der Waals surface area contributed by atoms with E-state index in [2.05, 4.69) is 68.9 Å². The van der Waals surface area contributed by atoms with E-state index in [1.165, 1.54) is 30.9 Å². The number of ether oxygens (including phenoxy) is 2. The van der Waals surface area contributed by atoms with E-state index in [0.717, 1.165) is 97.8 Å². The van der Waals surface area contributed by atoms with Crippen LogP contribution in [0.4, 0.5) is 9.59 Å². The molecule has 5 atom stereocenters. The van der Waals surface area contributed by atoms with Gasteiger partial charge in [0.2, 0.25) is 11.8 Å². The minimum atomic E-state index is -0.693. The molecule has 3 fully saturated rings. The molecule has 1 spiro atoms. The van der Waals surface area contributed by atoms with E-state index in [1.54, 1.807) is 0 Å². The van der Waals surface area contributed by atoms with Crippen LogP contribution in [0.2, 0.25) is 0 Å². The van der Waals surface area contributed by atoms with Crippen molar-refractivity contribution in [1.82, 2.24) is 45.3 Å². The first-order chi connectivity index (χ1) is 29.8. The molecule has 2 aromatic carbocycles.